The molecule has 0 saturated carbocycles. The zero-order chi connectivity index (χ0) is 18.7. The Morgan fingerprint density at radius 2 is 1.65 bits per heavy atom. The van der Waals surface area contributed by atoms with E-state index in [4.69, 9.17) is 21.1 Å². The van der Waals surface area contributed by atoms with E-state index in [1.54, 1.807) is 42.5 Å². The molecule has 3 rings (SSSR count). The number of rotatable bonds is 4. The predicted octanol–water partition coefficient (Wildman–Crippen LogP) is 4.68. The molecule has 26 heavy (non-hydrogen) atoms. The fourth-order valence-corrected chi connectivity index (χ4v) is 2.84. The summed E-state index contributed by atoms with van der Waals surface area (Å²) in [5.41, 5.74) is 0.635. The number of esters is 1. The third-order valence-electron chi connectivity index (χ3n) is 3.79. The van der Waals surface area contributed by atoms with Gasteiger partial charge >= 0.3 is 5.97 Å². The molecular formula is C20H16ClNO4. The van der Waals surface area contributed by atoms with Crippen LogP contribution in [0.2, 0.25) is 5.02 Å². The molecule has 0 aromatic heterocycles. The van der Waals surface area contributed by atoms with E-state index in [0.29, 0.717) is 21.8 Å². The summed E-state index contributed by atoms with van der Waals surface area (Å²) in [4.78, 5) is 24.5. The predicted molar refractivity (Wildman–Crippen MR) is 101 cm³/mol. The van der Waals surface area contributed by atoms with E-state index in [2.05, 4.69) is 5.32 Å². The molecule has 0 bridgehead atoms. The molecule has 5 nitrogen and oxygen atoms in total. The van der Waals surface area contributed by atoms with Crippen molar-refractivity contribution in [1.29, 1.82) is 0 Å². The van der Waals surface area contributed by atoms with Crippen LogP contribution < -0.4 is 14.8 Å². The summed E-state index contributed by atoms with van der Waals surface area (Å²) in [5, 5.41) is 4.48. The van der Waals surface area contributed by atoms with Crippen LogP contribution in [-0.4, -0.2) is 19.0 Å². The Hall–Kier alpha value is -3.05. The molecule has 0 aliphatic rings. The third-order valence-corrected chi connectivity index (χ3v) is 4.12. The van der Waals surface area contributed by atoms with Crippen molar-refractivity contribution in [1.82, 2.24) is 0 Å². The number of benzene rings is 3. The molecule has 1 N–H and O–H groups in total. The van der Waals surface area contributed by atoms with Crippen LogP contribution in [0.15, 0.2) is 54.6 Å². The van der Waals surface area contributed by atoms with Crippen molar-refractivity contribution in [3.63, 3.8) is 0 Å². The number of ether oxygens (including phenoxy) is 2. The monoisotopic (exact) mass is 369 g/mol. The molecule has 0 heterocycles. The zero-order valence-corrected chi connectivity index (χ0v) is 15.0. The number of nitrogens with one attached hydrogen (secondary N) is 1. The van der Waals surface area contributed by atoms with Crippen LogP contribution in [-0.2, 0) is 4.79 Å². The van der Waals surface area contributed by atoms with E-state index in [-0.39, 0.29) is 11.3 Å². The molecule has 0 saturated heterocycles. The van der Waals surface area contributed by atoms with Crippen LogP contribution in [0.5, 0.6) is 11.5 Å². The fraction of sp³-hybridized carbons (Fsp3) is 0.100. The molecule has 0 fully saturated rings. The van der Waals surface area contributed by atoms with Gasteiger partial charge in [0, 0.05) is 17.7 Å². The van der Waals surface area contributed by atoms with Crippen LogP contribution in [0, 0.1) is 0 Å². The van der Waals surface area contributed by atoms with E-state index >= 15 is 0 Å². The lowest BCUT2D eigenvalue weighted by Crippen LogP contribution is -2.16. The lowest BCUT2D eigenvalue weighted by atomic mass is 10.0. The smallest absolute Gasteiger partial charge is 0.308 e. The minimum absolute atomic E-state index is 0.177. The molecule has 0 radical (unpaired) electrons. The van der Waals surface area contributed by atoms with E-state index in [9.17, 15) is 9.59 Å². The number of hydrogen-bond acceptors (Lipinski definition) is 4. The molecule has 0 aliphatic carbocycles. The highest BCUT2D eigenvalue weighted by Crippen LogP contribution is 2.37. The van der Waals surface area contributed by atoms with Crippen molar-refractivity contribution in [2.75, 3.05) is 12.4 Å². The van der Waals surface area contributed by atoms with Crippen molar-refractivity contribution < 1.29 is 19.1 Å². The van der Waals surface area contributed by atoms with Gasteiger partial charge in [-0.05, 0) is 18.2 Å². The number of anilines is 1. The number of carbonyl (C=O) groups is 2. The van der Waals surface area contributed by atoms with Crippen LogP contribution >= 0.6 is 11.6 Å². The quantitative estimate of drug-likeness (QED) is 0.535. The van der Waals surface area contributed by atoms with Crippen LogP contribution in [0.4, 0.5) is 5.69 Å². The maximum Gasteiger partial charge on any atom is 0.308 e. The van der Waals surface area contributed by atoms with Gasteiger partial charge in [-0.15, -0.1) is 0 Å². The summed E-state index contributed by atoms with van der Waals surface area (Å²) in [6.07, 6.45) is 0. The summed E-state index contributed by atoms with van der Waals surface area (Å²) in [7, 11) is 1.52. The molecule has 0 unspecified atom stereocenters. The molecule has 3 aromatic rings. The van der Waals surface area contributed by atoms with Gasteiger partial charge in [0.05, 0.1) is 23.4 Å². The van der Waals surface area contributed by atoms with Gasteiger partial charge in [-0.25, -0.2) is 0 Å². The van der Waals surface area contributed by atoms with Gasteiger partial charge in [0.1, 0.15) is 5.75 Å². The third kappa shape index (κ3) is 3.48. The Balaban J connectivity index is 2.15. The topological polar surface area (TPSA) is 64.6 Å². The Labute approximate surface area is 155 Å². The van der Waals surface area contributed by atoms with E-state index in [1.165, 1.54) is 14.0 Å². The van der Waals surface area contributed by atoms with Crippen molar-refractivity contribution in [2.45, 2.75) is 6.92 Å². The van der Waals surface area contributed by atoms with Gasteiger partial charge in [-0.2, -0.15) is 0 Å². The van der Waals surface area contributed by atoms with Gasteiger partial charge in [-0.3, -0.25) is 9.59 Å². The first-order valence-corrected chi connectivity index (χ1v) is 8.23. The number of methoxy groups -OCH3 is 1. The molecular weight excluding hydrogens is 354 g/mol. The van der Waals surface area contributed by atoms with Crippen molar-refractivity contribution >= 4 is 39.9 Å². The number of carbonyl (C=O) groups excluding carboxylic acids is 2. The van der Waals surface area contributed by atoms with Gasteiger partial charge in [0.25, 0.3) is 5.91 Å². The van der Waals surface area contributed by atoms with E-state index < -0.39 is 11.9 Å². The second-order valence-electron chi connectivity index (χ2n) is 5.53. The molecule has 1 amide bonds. The Morgan fingerprint density at radius 1 is 1.00 bits per heavy atom. The molecule has 6 heteroatoms. The zero-order valence-electron chi connectivity index (χ0n) is 14.2. The SMILES string of the molecule is COc1cc(C(=O)Nc2ccccc2Cl)c(OC(C)=O)c2ccccc12. The first kappa shape index (κ1) is 17.8. The van der Waals surface area contributed by atoms with Crippen LogP contribution in [0.3, 0.4) is 0 Å². The molecule has 0 spiro atoms. The number of hydrogen-bond donors (Lipinski definition) is 1. The Kier molecular flexibility index (Phi) is 5.09. The molecule has 3 aromatic carbocycles. The number of amides is 1. The normalized spacial score (nSPS) is 10.4. The summed E-state index contributed by atoms with van der Waals surface area (Å²) >= 11 is 6.11. The fourth-order valence-electron chi connectivity index (χ4n) is 2.66. The minimum Gasteiger partial charge on any atom is -0.496 e. The number of para-hydroxylation sites is 1. The Bertz CT molecular complexity index is 1000. The van der Waals surface area contributed by atoms with Gasteiger partial charge < -0.3 is 14.8 Å². The first-order chi connectivity index (χ1) is 12.5. The van der Waals surface area contributed by atoms with Gasteiger partial charge in [0.2, 0.25) is 0 Å². The number of fused-ring (bicyclic) bond motifs is 1. The van der Waals surface area contributed by atoms with E-state index in [1.807, 2.05) is 12.1 Å². The molecule has 0 atom stereocenters. The Morgan fingerprint density at radius 3 is 2.31 bits per heavy atom. The highest BCUT2D eigenvalue weighted by Gasteiger charge is 2.21. The maximum absolute atomic E-state index is 12.9. The largest absolute Gasteiger partial charge is 0.496 e. The van der Waals surface area contributed by atoms with Crippen LogP contribution in [0.1, 0.15) is 17.3 Å². The summed E-state index contributed by atoms with van der Waals surface area (Å²) in [5.74, 6) is -0.301. The number of halogens is 1. The van der Waals surface area contributed by atoms with Gasteiger partial charge in [0.15, 0.2) is 5.75 Å². The lowest BCUT2D eigenvalue weighted by molar-refractivity contribution is -0.131. The second kappa shape index (κ2) is 7.45. The maximum atomic E-state index is 12.9. The highest BCUT2D eigenvalue weighted by molar-refractivity contribution is 6.34. The highest BCUT2D eigenvalue weighted by atomic mass is 35.5. The van der Waals surface area contributed by atoms with E-state index in [0.717, 1.165) is 5.39 Å². The standard InChI is InChI=1S/C20H16ClNO4/c1-12(23)26-19-14-8-4-3-7-13(14)18(25-2)11-15(19)20(24)22-17-10-6-5-9-16(17)21/h3-11H,1-2H3,(H,22,24). The van der Waals surface area contributed by atoms with Crippen molar-refractivity contribution in [2.24, 2.45) is 0 Å². The summed E-state index contributed by atoms with van der Waals surface area (Å²) < 4.78 is 10.8. The second-order valence-corrected chi connectivity index (χ2v) is 5.94. The van der Waals surface area contributed by atoms with Crippen molar-refractivity contribution in [3.8, 4) is 11.5 Å². The van der Waals surface area contributed by atoms with Crippen molar-refractivity contribution in [3.05, 3.63) is 65.2 Å². The summed E-state index contributed by atoms with van der Waals surface area (Å²) in [6, 6.07) is 15.7. The average Bonchev–Trinajstić information content (AvgIpc) is 2.63. The molecule has 132 valence electrons. The first-order valence-electron chi connectivity index (χ1n) is 7.85. The summed E-state index contributed by atoms with van der Waals surface area (Å²) in [6.45, 7) is 1.29. The average molecular weight is 370 g/mol. The molecule has 0 aliphatic heterocycles. The van der Waals surface area contributed by atoms with Crippen LogP contribution in [0.25, 0.3) is 10.8 Å². The van der Waals surface area contributed by atoms with Gasteiger partial charge in [-0.1, -0.05) is 48.0 Å². The minimum atomic E-state index is -0.521. The lowest BCUT2D eigenvalue weighted by Gasteiger charge is -2.15.